The summed E-state index contributed by atoms with van der Waals surface area (Å²) in [4.78, 5) is 0. The van der Waals surface area contributed by atoms with Gasteiger partial charge in [0.2, 0.25) is 0 Å². The largest absolute Gasteiger partial charge is 0.349 e. The zero-order chi connectivity index (χ0) is 12.4. The number of rotatable bonds is 2. The Morgan fingerprint density at radius 3 is 1.24 bits per heavy atom. The van der Waals surface area contributed by atoms with Gasteiger partial charge in [0.1, 0.15) is 0 Å². The van der Waals surface area contributed by atoms with Crippen molar-refractivity contribution in [3.8, 4) is 0 Å². The van der Waals surface area contributed by atoms with Crippen LogP contribution in [0, 0.1) is 0 Å². The van der Waals surface area contributed by atoms with E-state index in [1.165, 1.54) is 0 Å². The van der Waals surface area contributed by atoms with Crippen LogP contribution in [-0.2, 0) is 18.9 Å². The van der Waals surface area contributed by atoms with Crippen LogP contribution in [0.4, 0.5) is 0 Å². The average Bonchev–Trinajstić information content (AvgIpc) is 2.13. The molecule has 2 rings (SSSR count). The third kappa shape index (κ3) is 3.91. The van der Waals surface area contributed by atoms with Crippen molar-refractivity contribution in [2.45, 2.75) is 84.0 Å². The maximum atomic E-state index is 5.75. The molecule has 2 aliphatic rings. The average molecular weight is 244 g/mol. The van der Waals surface area contributed by atoms with E-state index in [9.17, 15) is 0 Å². The minimum absolute atomic E-state index is 0.198. The lowest BCUT2D eigenvalue weighted by molar-refractivity contribution is -0.292. The third-order valence-corrected chi connectivity index (χ3v) is 3.25. The molecule has 2 heterocycles. The Bertz CT molecular complexity index is 202. The van der Waals surface area contributed by atoms with Crippen molar-refractivity contribution >= 4 is 0 Å². The maximum Gasteiger partial charge on any atom is 0.163 e. The molecule has 0 aromatic rings. The second-order valence-electron chi connectivity index (χ2n) is 5.35. The molecule has 4 atom stereocenters. The maximum absolute atomic E-state index is 5.75. The van der Waals surface area contributed by atoms with Crippen LogP contribution < -0.4 is 0 Å². The molecule has 0 unspecified atom stereocenters. The Morgan fingerprint density at radius 2 is 0.941 bits per heavy atom. The molecular formula is C13H24O4. The highest BCUT2D eigenvalue weighted by molar-refractivity contribution is 4.70. The summed E-state index contributed by atoms with van der Waals surface area (Å²) in [5, 5.41) is 0. The lowest BCUT2D eigenvalue weighted by Gasteiger charge is -2.37. The molecule has 0 bridgehead atoms. The highest BCUT2D eigenvalue weighted by atomic mass is 16.7. The molecular weight excluding hydrogens is 220 g/mol. The smallest absolute Gasteiger partial charge is 0.163 e. The quantitative estimate of drug-likeness (QED) is 0.747. The molecule has 17 heavy (non-hydrogen) atoms. The van der Waals surface area contributed by atoms with Gasteiger partial charge in [-0.05, 0) is 40.5 Å². The first-order valence-electron chi connectivity index (χ1n) is 6.64. The molecule has 2 aliphatic heterocycles. The van der Waals surface area contributed by atoms with Gasteiger partial charge in [-0.3, -0.25) is 0 Å². The van der Waals surface area contributed by atoms with E-state index in [-0.39, 0.29) is 37.0 Å². The van der Waals surface area contributed by atoms with Gasteiger partial charge in [0.15, 0.2) is 12.6 Å². The second-order valence-corrected chi connectivity index (χ2v) is 5.35. The van der Waals surface area contributed by atoms with Gasteiger partial charge in [-0.2, -0.15) is 0 Å². The van der Waals surface area contributed by atoms with Crippen LogP contribution >= 0.6 is 0 Å². The van der Waals surface area contributed by atoms with Gasteiger partial charge in [0.05, 0.1) is 24.4 Å². The van der Waals surface area contributed by atoms with Gasteiger partial charge < -0.3 is 18.9 Å². The topological polar surface area (TPSA) is 36.9 Å². The lowest BCUT2D eigenvalue weighted by Crippen LogP contribution is -2.42. The van der Waals surface area contributed by atoms with Gasteiger partial charge in [0, 0.05) is 6.42 Å². The molecule has 0 amide bonds. The minimum Gasteiger partial charge on any atom is -0.349 e. The van der Waals surface area contributed by atoms with Gasteiger partial charge in [-0.1, -0.05) is 0 Å². The molecule has 4 nitrogen and oxygen atoms in total. The molecule has 0 radical (unpaired) electrons. The van der Waals surface area contributed by atoms with Gasteiger partial charge in [-0.15, -0.1) is 0 Å². The molecule has 0 aromatic carbocycles. The van der Waals surface area contributed by atoms with Crippen molar-refractivity contribution in [1.82, 2.24) is 0 Å². The standard InChI is InChI=1S/C13H24O4/c1-8-5-9(2)15-12(14-8)7-13-16-10(3)6-11(4)17-13/h8-13H,5-7H2,1-4H3/t8-,9-,10-,11-/m0/s1. The van der Waals surface area contributed by atoms with Crippen molar-refractivity contribution < 1.29 is 18.9 Å². The van der Waals surface area contributed by atoms with Gasteiger partial charge in [0.25, 0.3) is 0 Å². The van der Waals surface area contributed by atoms with Crippen molar-refractivity contribution in [3.05, 3.63) is 0 Å². The summed E-state index contributed by atoms with van der Waals surface area (Å²) in [6.45, 7) is 8.33. The fourth-order valence-electron chi connectivity index (χ4n) is 2.64. The molecule has 0 N–H and O–H groups in total. The Hall–Kier alpha value is -0.160. The van der Waals surface area contributed by atoms with Crippen molar-refractivity contribution in [2.75, 3.05) is 0 Å². The first kappa shape index (κ1) is 13.3. The summed E-state index contributed by atoms with van der Waals surface area (Å²) >= 11 is 0. The van der Waals surface area contributed by atoms with E-state index in [1.807, 2.05) is 0 Å². The monoisotopic (exact) mass is 244 g/mol. The SMILES string of the molecule is C[C@H]1C[C@H](C)OC(CC2O[C@@H](C)C[C@H](C)O2)O1. The molecule has 0 spiro atoms. The zero-order valence-corrected chi connectivity index (χ0v) is 11.2. The van der Waals surface area contributed by atoms with Crippen molar-refractivity contribution in [2.24, 2.45) is 0 Å². The number of hydrogen-bond acceptors (Lipinski definition) is 4. The van der Waals surface area contributed by atoms with Gasteiger partial charge in [-0.25, -0.2) is 0 Å². The van der Waals surface area contributed by atoms with E-state index in [2.05, 4.69) is 27.7 Å². The summed E-state index contributed by atoms with van der Waals surface area (Å²) in [5.41, 5.74) is 0. The Kier molecular flexibility index (Phi) is 4.42. The van der Waals surface area contributed by atoms with E-state index in [0.29, 0.717) is 6.42 Å². The highest BCUT2D eigenvalue weighted by Crippen LogP contribution is 2.26. The van der Waals surface area contributed by atoms with E-state index in [0.717, 1.165) is 12.8 Å². The van der Waals surface area contributed by atoms with E-state index in [1.54, 1.807) is 0 Å². The summed E-state index contributed by atoms with van der Waals surface area (Å²) in [6, 6.07) is 0. The van der Waals surface area contributed by atoms with Crippen LogP contribution in [0.3, 0.4) is 0 Å². The molecule has 4 heteroatoms. The highest BCUT2D eigenvalue weighted by Gasteiger charge is 2.31. The Labute approximate surface area is 104 Å². The second kappa shape index (κ2) is 5.65. The van der Waals surface area contributed by atoms with Crippen LogP contribution in [0.2, 0.25) is 0 Å². The summed E-state index contributed by atoms with van der Waals surface area (Å²) < 4.78 is 23.0. The fourth-order valence-corrected chi connectivity index (χ4v) is 2.64. The predicted octanol–water partition coefficient (Wildman–Crippen LogP) is 2.46. The first-order valence-corrected chi connectivity index (χ1v) is 6.64. The normalized spacial score (nSPS) is 48.0. The molecule has 0 aromatic heterocycles. The third-order valence-electron chi connectivity index (χ3n) is 3.25. The molecule has 100 valence electrons. The predicted molar refractivity (Wildman–Crippen MR) is 63.6 cm³/mol. The van der Waals surface area contributed by atoms with E-state index >= 15 is 0 Å². The minimum atomic E-state index is -0.198. The fraction of sp³-hybridized carbons (Fsp3) is 1.00. The Morgan fingerprint density at radius 1 is 0.647 bits per heavy atom. The molecule has 0 aliphatic carbocycles. The van der Waals surface area contributed by atoms with Crippen LogP contribution in [0.15, 0.2) is 0 Å². The number of hydrogen-bond donors (Lipinski definition) is 0. The first-order chi connectivity index (χ1) is 8.02. The van der Waals surface area contributed by atoms with Crippen molar-refractivity contribution in [1.29, 1.82) is 0 Å². The molecule has 2 fully saturated rings. The Balaban J connectivity index is 1.83. The molecule has 0 saturated carbocycles. The number of ether oxygens (including phenoxy) is 4. The van der Waals surface area contributed by atoms with Gasteiger partial charge >= 0.3 is 0 Å². The van der Waals surface area contributed by atoms with Crippen LogP contribution in [0.1, 0.15) is 47.0 Å². The van der Waals surface area contributed by atoms with E-state index in [4.69, 9.17) is 18.9 Å². The summed E-state index contributed by atoms with van der Waals surface area (Å²) in [6.07, 6.45) is 3.18. The van der Waals surface area contributed by atoms with Crippen molar-refractivity contribution in [3.63, 3.8) is 0 Å². The van der Waals surface area contributed by atoms with Crippen LogP contribution in [0.25, 0.3) is 0 Å². The summed E-state index contributed by atoms with van der Waals surface area (Å²) in [7, 11) is 0. The zero-order valence-electron chi connectivity index (χ0n) is 11.2. The summed E-state index contributed by atoms with van der Waals surface area (Å²) in [5.74, 6) is 0. The van der Waals surface area contributed by atoms with Crippen LogP contribution in [0.5, 0.6) is 0 Å². The van der Waals surface area contributed by atoms with E-state index < -0.39 is 0 Å². The molecule has 2 saturated heterocycles. The van der Waals surface area contributed by atoms with Crippen LogP contribution in [-0.4, -0.2) is 37.0 Å². The lowest BCUT2D eigenvalue weighted by atomic mass is 10.1.